The van der Waals surface area contributed by atoms with Crippen molar-refractivity contribution in [2.45, 2.75) is 25.7 Å². The molecule has 2 aliphatic carbocycles. The van der Waals surface area contributed by atoms with Crippen molar-refractivity contribution in [1.82, 2.24) is 0 Å². The van der Waals surface area contributed by atoms with Crippen molar-refractivity contribution in [2.24, 2.45) is 17.1 Å². The van der Waals surface area contributed by atoms with Crippen molar-refractivity contribution in [3.8, 4) is 0 Å². The average Bonchev–Trinajstić information content (AvgIpc) is 1.91. The van der Waals surface area contributed by atoms with Crippen LogP contribution in [-0.2, 0) is 9.53 Å². The third kappa shape index (κ3) is 1.27. The van der Waals surface area contributed by atoms with E-state index < -0.39 is 0 Å². The van der Waals surface area contributed by atoms with Crippen LogP contribution >= 0.6 is 0 Å². The summed E-state index contributed by atoms with van der Waals surface area (Å²) in [5.41, 5.74) is 5.63. The Bertz CT molecular complexity index is 187. The van der Waals surface area contributed by atoms with Gasteiger partial charge in [-0.25, -0.2) is 0 Å². The van der Waals surface area contributed by atoms with E-state index in [1.54, 1.807) is 0 Å². The molecule has 0 aliphatic heterocycles. The molecule has 0 bridgehead atoms. The van der Waals surface area contributed by atoms with Crippen LogP contribution in [0.2, 0.25) is 0 Å². The lowest BCUT2D eigenvalue weighted by atomic mass is 9.51. The zero-order chi connectivity index (χ0) is 8.60. The van der Waals surface area contributed by atoms with Gasteiger partial charge in [0.2, 0.25) is 0 Å². The highest BCUT2D eigenvalue weighted by molar-refractivity contribution is 5.86. The van der Waals surface area contributed by atoms with Gasteiger partial charge in [-0.05, 0) is 24.2 Å². The Morgan fingerprint density at radius 3 is 2.67 bits per heavy atom. The van der Waals surface area contributed by atoms with E-state index in [0.29, 0.717) is 23.8 Å². The lowest BCUT2D eigenvalue weighted by Crippen LogP contribution is -2.49. The summed E-state index contributed by atoms with van der Waals surface area (Å²) in [5.74, 6) is 1.11. The molecule has 0 saturated heterocycles. The van der Waals surface area contributed by atoms with Crippen molar-refractivity contribution >= 4 is 5.78 Å². The molecular weight excluding hydrogens is 154 g/mol. The topological polar surface area (TPSA) is 52.3 Å². The molecule has 3 heteroatoms. The molecular formula is C9H15NO2. The summed E-state index contributed by atoms with van der Waals surface area (Å²) in [6.45, 7) is 1.11. The fraction of sp³-hybridized carbons (Fsp3) is 0.889. The van der Waals surface area contributed by atoms with Crippen LogP contribution in [0.25, 0.3) is 0 Å². The van der Waals surface area contributed by atoms with E-state index in [2.05, 4.69) is 0 Å². The highest BCUT2D eigenvalue weighted by atomic mass is 16.5. The van der Waals surface area contributed by atoms with Crippen molar-refractivity contribution in [3.63, 3.8) is 0 Å². The van der Waals surface area contributed by atoms with Crippen LogP contribution in [0.15, 0.2) is 0 Å². The lowest BCUT2D eigenvalue weighted by Gasteiger charge is -2.52. The Morgan fingerprint density at radius 2 is 2.17 bits per heavy atom. The smallest absolute Gasteiger partial charge is 0.134 e. The van der Waals surface area contributed by atoms with Gasteiger partial charge in [0.15, 0.2) is 0 Å². The average molecular weight is 169 g/mol. The van der Waals surface area contributed by atoms with E-state index in [4.69, 9.17) is 10.5 Å². The maximum absolute atomic E-state index is 10.8. The standard InChI is InChI=1S/C9H15NO2/c10-6-12-5-7-1-9(2-7)3-8(11)4-9/h7H,1-6,10H2. The maximum Gasteiger partial charge on any atom is 0.134 e. The van der Waals surface area contributed by atoms with E-state index in [-0.39, 0.29) is 0 Å². The van der Waals surface area contributed by atoms with Crippen LogP contribution in [0.3, 0.4) is 0 Å². The Kier molecular flexibility index (Phi) is 1.93. The van der Waals surface area contributed by atoms with Gasteiger partial charge < -0.3 is 10.5 Å². The number of hydrogen-bond acceptors (Lipinski definition) is 3. The van der Waals surface area contributed by atoms with Gasteiger partial charge in [0, 0.05) is 12.8 Å². The highest BCUT2D eigenvalue weighted by Crippen LogP contribution is 2.56. The van der Waals surface area contributed by atoms with Gasteiger partial charge in [-0.1, -0.05) is 0 Å². The number of hydrogen-bond donors (Lipinski definition) is 1. The molecule has 3 nitrogen and oxygen atoms in total. The monoisotopic (exact) mass is 169 g/mol. The van der Waals surface area contributed by atoms with Gasteiger partial charge in [-0.2, -0.15) is 0 Å². The third-order valence-corrected chi connectivity index (χ3v) is 3.06. The summed E-state index contributed by atoms with van der Waals surface area (Å²) in [6.07, 6.45) is 4.01. The highest BCUT2D eigenvalue weighted by Gasteiger charge is 2.52. The second kappa shape index (κ2) is 2.82. The molecule has 0 radical (unpaired) electrons. The molecule has 0 aromatic heterocycles. The molecule has 2 rings (SSSR count). The van der Waals surface area contributed by atoms with E-state index in [1.165, 1.54) is 12.8 Å². The molecule has 0 amide bonds. The number of ketones is 1. The predicted molar refractivity (Wildman–Crippen MR) is 44.4 cm³/mol. The number of carbonyl (C=O) groups is 1. The minimum Gasteiger partial charge on any atom is -0.366 e. The summed E-state index contributed by atoms with van der Waals surface area (Å²) in [6, 6.07) is 0. The molecule has 0 heterocycles. The molecule has 2 aliphatic rings. The Balaban J connectivity index is 1.67. The second-order valence-electron chi connectivity index (χ2n) is 4.20. The minimum atomic E-state index is 0.322. The zero-order valence-corrected chi connectivity index (χ0v) is 7.21. The molecule has 0 unspecified atom stereocenters. The first-order chi connectivity index (χ1) is 5.74. The van der Waals surface area contributed by atoms with Crippen LogP contribution in [0, 0.1) is 11.3 Å². The number of carbonyl (C=O) groups excluding carboxylic acids is 1. The van der Waals surface area contributed by atoms with Crippen molar-refractivity contribution < 1.29 is 9.53 Å². The molecule has 0 aromatic rings. The minimum absolute atomic E-state index is 0.322. The van der Waals surface area contributed by atoms with E-state index in [0.717, 1.165) is 19.4 Å². The van der Waals surface area contributed by atoms with Crippen LogP contribution < -0.4 is 5.73 Å². The Morgan fingerprint density at radius 1 is 1.50 bits per heavy atom. The quantitative estimate of drug-likeness (QED) is 0.632. The molecule has 12 heavy (non-hydrogen) atoms. The van der Waals surface area contributed by atoms with Crippen molar-refractivity contribution in [2.75, 3.05) is 13.3 Å². The van der Waals surface area contributed by atoms with Gasteiger partial charge >= 0.3 is 0 Å². The third-order valence-electron chi connectivity index (χ3n) is 3.06. The summed E-state index contributed by atoms with van der Waals surface area (Å²) in [5, 5.41) is 0. The van der Waals surface area contributed by atoms with Gasteiger partial charge in [-0.15, -0.1) is 0 Å². The summed E-state index contributed by atoms with van der Waals surface area (Å²) in [7, 11) is 0. The van der Waals surface area contributed by atoms with Gasteiger partial charge in [0.05, 0.1) is 13.3 Å². The maximum atomic E-state index is 10.8. The van der Waals surface area contributed by atoms with Gasteiger partial charge in [0.25, 0.3) is 0 Å². The zero-order valence-electron chi connectivity index (χ0n) is 7.21. The summed E-state index contributed by atoms with van der Waals surface area (Å²) in [4.78, 5) is 10.8. The molecule has 0 atom stereocenters. The van der Waals surface area contributed by atoms with Crippen LogP contribution in [0.5, 0.6) is 0 Å². The molecule has 2 fully saturated rings. The Labute approximate surface area is 72.3 Å². The first kappa shape index (κ1) is 8.20. The Hall–Kier alpha value is -0.410. The predicted octanol–water partition coefficient (Wildman–Crippen LogP) is 0.678. The largest absolute Gasteiger partial charge is 0.366 e. The van der Waals surface area contributed by atoms with Gasteiger partial charge in [-0.3, -0.25) is 4.79 Å². The van der Waals surface area contributed by atoms with E-state index in [1.807, 2.05) is 0 Å². The molecule has 68 valence electrons. The summed E-state index contributed by atoms with van der Waals surface area (Å²) < 4.78 is 5.12. The summed E-state index contributed by atoms with van der Waals surface area (Å²) >= 11 is 0. The van der Waals surface area contributed by atoms with Gasteiger partial charge in [0.1, 0.15) is 5.78 Å². The lowest BCUT2D eigenvalue weighted by molar-refractivity contribution is -0.144. The van der Waals surface area contributed by atoms with Crippen LogP contribution in [0.1, 0.15) is 25.7 Å². The van der Waals surface area contributed by atoms with E-state index in [9.17, 15) is 4.79 Å². The molecule has 2 N–H and O–H groups in total. The number of ether oxygens (including phenoxy) is 1. The first-order valence-corrected chi connectivity index (χ1v) is 4.54. The first-order valence-electron chi connectivity index (χ1n) is 4.54. The number of rotatable bonds is 3. The number of Topliss-reactive ketones (excluding diaryl/α,β-unsaturated/α-hetero) is 1. The molecule has 2 saturated carbocycles. The van der Waals surface area contributed by atoms with Crippen LogP contribution in [0.4, 0.5) is 0 Å². The fourth-order valence-electron chi connectivity index (χ4n) is 2.59. The fourth-order valence-corrected chi connectivity index (χ4v) is 2.59. The van der Waals surface area contributed by atoms with Crippen molar-refractivity contribution in [1.29, 1.82) is 0 Å². The normalized spacial score (nSPS) is 26.9. The van der Waals surface area contributed by atoms with Crippen LogP contribution in [-0.4, -0.2) is 19.1 Å². The SMILES string of the molecule is NCOCC1CC2(CC(=O)C2)C1. The van der Waals surface area contributed by atoms with Crippen molar-refractivity contribution in [3.05, 3.63) is 0 Å². The van der Waals surface area contributed by atoms with E-state index >= 15 is 0 Å². The second-order valence-corrected chi connectivity index (χ2v) is 4.20. The number of nitrogens with two attached hydrogens (primary N) is 1. The molecule has 0 aromatic carbocycles. The molecule has 1 spiro atoms.